The van der Waals surface area contributed by atoms with E-state index in [1.54, 1.807) is 21.1 Å². The van der Waals surface area contributed by atoms with Gasteiger partial charge in [0.05, 0.1) is 25.4 Å². The summed E-state index contributed by atoms with van der Waals surface area (Å²) in [5, 5.41) is 8.00. The van der Waals surface area contributed by atoms with E-state index in [0.29, 0.717) is 13.1 Å². The Bertz CT molecular complexity index is 1180. The molecule has 1 aliphatic carbocycles. The number of carbonyl (C=O) groups excluding carboxylic acids is 2. The molecule has 2 aliphatic rings. The summed E-state index contributed by atoms with van der Waals surface area (Å²) in [6.45, 7) is 2.54. The number of carbonyl (C=O) groups is 2. The largest absolute Gasteiger partial charge is 0.496 e. The quantitative estimate of drug-likeness (QED) is 0.602. The third kappa shape index (κ3) is 4.70. The van der Waals surface area contributed by atoms with Crippen LogP contribution in [0.4, 0.5) is 0 Å². The molecule has 1 unspecified atom stereocenters. The number of amides is 2. The molecular weight excluding hydrogens is 496 g/mol. The molecule has 0 radical (unpaired) electrons. The van der Waals surface area contributed by atoms with Gasteiger partial charge in [0.1, 0.15) is 11.8 Å². The molecule has 34 heavy (non-hydrogen) atoms. The highest BCUT2D eigenvalue weighted by Gasteiger charge is 2.36. The summed E-state index contributed by atoms with van der Waals surface area (Å²) in [5.41, 5.74) is 2.93. The summed E-state index contributed by atoms with van der Waals surface area (Å²) in [6.07, 6.45) is 5.90. The van der Waals surface area contributed by atoms with Crippen molar-refractivity contribution in [3.05, 3.63) is 63.9 Å². The number of allylic oxidation sites excluding steroid dienone is 3. The van der Waals surface area contributed by atoms with E-state index < -0.39 is 12.1 Å². The van der Waals surface area contributed by atoms with Crippen molar-refractivity contribution in [2.75, 3.05) is 27.7 Å². The summed E-state index contributed by atoms with van der Waals surface area (Å²) in [7, 11) is 5.37. The van der Waals surface area contributed by atoms with Crippen LogP contribution in [0.3, 0.4) is 0 Å². The SMILES string of the molecule is CN[C@@H](C)C(=O)NC1CN(C)C2=C(C=CCC2)N(Cc2c(OC)ccc3cc(Br)ccc23)C1=O. The minimum absolute atomic E-state index is 0.128. The van der Waals surface area contributed by atoms with Gasteiger partial charge >= 0.3 is 0 Å². The molecule has 2 N–H and O–H groups in total. The first-order valence-corrected chi connectivity index (χ1v) is 12.3. The highest BCUT2D eigenvalue weighted by atomic mass is 79.9. The highest BCUT2D eigenvalue weighted by molar-refractivity contribution is 9.10. The molecule has 0 aromatic heterocycles. The molecule has 2 aromatic rings. The van der Waals surface area contributed by atoms with Gasteiger partial charge in [0, 0.05) is 29.3 Å². The van der Waals surface area contributed by atoms with Crippen LogP contribution >= 0.6 is 15.9 Å². The van der Waals surface area contributed by atoms with Gasteiger partial charge in [-0.3, -0.25) is 9.59 Å². The minimum atomic E-state index is -0.664. The third-order valence-corrected chi connectivity index (χ3v) is 7.11. The van der Waals surface area contributed by atoms with Crippen molar-refractivity contribution in [3.63, 3.8) is 0 Å². The average Bonchev–Trinajstić information content (AvgIpc) is 2.94. The van der Waals surface area contributed by atoms with Crippen LogP contribution in [-0.2, 0) is 16.1 Å². The molecule has 4 rings (SSSR count). The summed E-state index contributed by atoms with van der Waals surface area (Å²) >= 11 is 3.55. The van der Waals surface area contributed by atoms with Crippen molar-refractivity contribution in [3.8, 4) is 5.75 Å². The normalized spacial score (nSPS) is 19.2. The van der Waals surface area contributed by atoms with Crippen molar-refractivity contribution in [1.29, 1.82) is 0 Å². The number of rotatable bonds is 6. The molecule has 0 saturated carbocycles. The summed E-state index contributed by atoms with van der Waals surface area (Å²) in [6, 6.07) is 9.01. The van der Waals surface area contributed by atoms with Gasteiger partial charge < -0.3 is 25.2 Å². The van der Waals surface area contributed by atoms with Crippen LogP contribution in [0, 0.1) is 0 Å². The van der Waals surface area contributed by atoms with Crippen LogP contribution in [0.1, 0.15) is 25.3 Å². The Morgan fingerprint density at radius 3 is 2.82 bits per heavy atom. The maximum atomic E-state index is 13.9. The second-order valence-corrected chi connectivity index (χ2v) is 9.68. The summed E-state index contributed by atoms with van der Waals surface area (Å²) in [5.74, 6) is 0.403. The average molecular weight is 527 g/mol. The van der Waals surface area contributed by atoms with Gasteiger partial charge in [0.2, 0.25) is 5.91 Å². The van der Waals surface area contributed by atoms with Crippen LogP contribution in [0.5, 0.6) is 5.75 Å². The summed E-state index contributed by atoms with van der Waals surface area (Å²) in [4.78, 5) is 30.5. The van der Waals surface area contributed by atoms with Crippen LogP contribution in [-0.4, -0.2) is 61.4 Å². The number of hydrogen-bond acceptors (Lipinski definition) is 5. The molecule has 1 aliphatic heterocycles. The molecule has 8 heteroatoms. The second kappa shape index (κ2) is 10.2. The van der Waals surface area contributed by atoms with E-state index in [-0.39, 0.29) is 11.8 Å². The first-order chi connectivity index (χ1) is 16.3. The lowest BCUT2D eigenvalue weighted by atomic mass is 10.0. The first-order valence-electron chi connectivity index (χ1n) is 11.5. The predicted octanol–water partition coefficient (Wildman–Crippen LogP) is 3.54. The van der Waals surface area contributed by atoms with E-state index in [0.717, 1.165) is 50.8 Å². The Labute approximate surface area is 208 Å². The molecule has 2 amide bonds. The third-order valence-electron chi connectivity index (χ3n) is 6.62. The Balaban J connectivity index is 1.79. The van der Waals surface area contributed by atoms with Gasteiger partial charge in [-0.05, 0) is 61.9 Å². The number of benzene rings is 2. The van der Waals surface area contributed by atoms with E-state index >= 15 is 0 Å². The molecule has 1 heterocycles. The van der Waals surface area contributed by atoms with E-state index in [2.05, 4.69) is 43.6 Å². The van der Waals surface area contributed by atoms with E-state index in [9.17, 15) is 9.59 Å². The lowest BCUT2D eigenvalue weighted by Crippen LogP contribution is -2.54. The number of halogens is 1. The van der Waals surface area contributed by atoms with Crippen molar-refractivity contribution >= 4 is 38.5 Å². The first kappa shape index (κ1) is 24.3. The van der Waals surface area contributed by atoms with Crippen molar-refractivity contribution < 1.29 is 14.3 Å². The number of fused-ring (bicyclic) bond motifs is 1. The van der Waals surface area contributed by atoms with Gasteiger partial charge in [-0.25, -0.2) is 0 Å². The van der Waals surface area contributed by atoms with Crippen LogP contribution in [0.25, 0.3) is 10.8 Å². The molecule has 0 fully saturated rings. The fourth-order valence-corrected chi connectivity index (χ4v) is 4.98. The monoisotopic (exact) mass is 526 g/mol. The van der Waals surface area contributed by atoms with Gasteiger partial charge in [-0.15, -0.1) is 0 Å². The lowest BCUT2D eigenvalue weighted by molar-refractivity contribution is -0.135. The van der Waals surface area contributed by atoms with Crippen molar-refractivity contribution in [2.24, 2.45) is 0 Å². The Kier molecular flexibility index (Phi) is 7.28. The van der Waals surface area contributed by atoms with E-state index in [1.807, 2.05) is 42.3 Å². The number of hydrogen-bond donors (Lipinski definition) is 2. The van der Waals surface area contributed by atoms with Crippen LogP contribution in [0.15, 0.2) is 58.4 Å². The molecule has 0 bridgehead atoms. The standard InChI is InChI=1S/C26H31BrN4O3/c1-16(28-2)25(32)29-21-15-30(3)22-7-5-6-8-23(22)31(26(21)33)14-20-19-11-10-18(27)13-17(19)9-12-24(20)34-4/h6,8-13,16,21,28H,5,7,14-15H2,1-4H3,(H,29,32)/t16-,21?/m0/s1. The van der Waals surface area contributed by atoms with Crippen molar-refractivity contribution in [1.82, 2.24) is 20.4 Å². The maximum absolute atomic E-state index is 13.9. The van der Waals surface area contributed by atoms with Crippen LogP contribution in [0.2, 0.25) is 0 Å². The smallest absolute Gasteiger partial charge is 0.251 e. The zero-order chi connectivity index (χ0) is 24.4. The zero-order valence-corrected chi connectivity index (χ0v) is 21.6. The molecule has 2 atom stereocenters. The molecule has 180 valence electrons. The number of nitrogens with zero attached hydrogens (tertiary/aromatic N) is 2. The molecule has 0 saturated heterocycles. The number of likely N-dealkylation sites (N-methyl/N-ethyl adjacent to an activating group) is 2. The highest BCUT2D eigenvalue weighted by Crippen LogP contribution is 2.35. The van der Waals surface area contributed by atoms with Crippen molar-refractivity contribution in [2.45, 2.75) is 38.4 Å². The van der Waals surface area contributed by atoms with E-state index in [1.165, 1.54) is 0 Å². The predicted molar refractivity (Wildman–Crippen MR) is 137 cm³/mol. The fourth-order valence-electron chi connectivity index (χ4n) is 4.60. The van der Waals surface area contributed by atoms with E-state index in [4.69, 9.17) is 4.74 Å². The number of methoxy groups -OCH3 is 1. The van der Waals surface area contributed by atoms with Crippen LogP contribution < -0.4 is 15.4 Å². The molecule has 0 spiro atoms. The fraction of sp³-hybridized carbons (Fsp3) is 0.385. The minimum Gasteiger partial charge on any atom is -0.496 e. The Morgan fingerprint density at radius 1 is 1.29 bits per heavy atom. The zero-order valence-electron chi connectivity index (χ0n) is 20.0. The molecular formula is C26H31BrN4O3. The van der Waals surface area contributed by atoms with Gasteiger partial charge in [0.25, 0.3) is 5.91 Å². The Hall–Kier alpha value is -2.84. The van der Waals surface area contributed by atoms with Gasteiger partial charge in [-0.1, -0.05) is 34.1 Å². The molecule has 7 nitrogen and oxygen atoms in total. The topological polar surface area (TPSA) is 73.9 Å². The number of nitrogens with one attached hydrogen (secondary N) is 2. The number of ether oxygens (including phenoxy) is 1. The second-order valence-electron chi connectivity index (χ2n) is 8.76. The Morgan fingerprint density at radius 2 is 2.09 bits per heavy atom. The molecule has 2 aromatic carbocycles. The maximum Gasteiger partial charge on any atom is 0.251 e. The van der Waals surface area contributed by atoms with Gasteiger partial charge in [0.15, 0.2) is 0 Å². The van der Waals surface area contributed by atoms with Gasteiger partial charge in [-0.2, -0.15) is 0 Å². The lowest BCUT2D eigenvalue weighted by Gasteiger charge is -2.29. The summed E-state index contributed by atoms with van der Waals surface area (Å²) < 4.78 is 6.71.